The Morgan fingerprint density at radius 1 is 1.50 bits per heavy atom. The zero-order chi connectivity index (χ0) is 10.6. The number of halogens is 1. The Labute approximate surface area is 90.2 Å². The highest BCUT2D eigenvalue weighted by molar-refractivity contribution is 6.32. The average Bonchev–Trinajstić information content (AvgIpc) is 2.18. The van der Waals surface area contributed by atoms with Crippen LogP contribution < -0.4 is 10.1 Å². The minimum absolute atomic E-state index is 0.458. The molecule has 1 aromatic rings. The van der Waals surface area contributed by atoms with Gasteiger partial charge in [0.2, 0.25) is 0 Å². The normalized spacial score (nSPS) is 12.3. The van der Waals surface area contributed by atoms with Gasteiger partial charge in [-0.3, -0.25) is 0 Å². The first-order valence-electron chi connectivity index (χ1n) is 4.77. The molecule has 0 bridgehead atoms. The van der Waals surface area contributed by atoms with E-state index in [-0.39, 0.29) is 0 Å². The molecule has 0 aliphatic rings. The first kappa shape index (κ1) is 11.2. The maximum Gasteiger partial charge on any atom is 0.137 e. The van der Waals surface area contributed by atoms with Crippen LogP contribution in [0.3, 0.4) is 0 Å². The molecular formula is C11H16ClNO. The van der Waals surface area contributed by atoms with Crippen LogP contribution in [0.4, 0.5) is 5.69 Å². The zero-order valence-electron chi connectivity index (χ0n) is 8.80. The first-order chi connectivity index (χ1) is 6.67. The van der Waals surface area contributed by atoms with E-state index in [0.717, 1.165) is 12.1 Å². The molecule has 2 nitrogen and oxygen atoms in total. The largest absolute Gasteiger partial charge is 0.495 e. The van der Waals surface area contributed by atoms with Crippen LogP contribution in [-0.2, 0) is 0 Å². The fourth-order valence-electron chi connectivity index (χ4n) is 1.14. The minimum atomic E-state index is 0.458. The maximum atomic E-state index is 5.99. The SMILES string of the molecule is CCC(C)Nc1ccc(OC)c(Cl)c1. The molecule has 0 radical (unpaired) electrons. The predicted molar refractivity (Wildman–Crippen MR) is 61.4 cm³/mol. The van der Waals surface area contributed by atoms with Crippen LogP contribution in [0.15, 0.2) is 18.2 Å². The highest BCUT2D eigenvalue weighted by Gasteiger charge is 2.03. The van der Waals surface area contributed by atoms with Crippen molar-refractivity contribution >= 4 is 17.3 Å². The summed E-state index contributed by atoms with van der Waals surface area (Å²) in [5, 5.41) is 3.98. The third-order valence-corrected chi connectivity index (χ3v) is 2.47. The molecular weight excluding hydrogens is 198 g/mol. The van der Waals surface area contributed by atoms with Crippen LogP contribution in [-0.4, -0.2) is 13.2 Å². The van der Waals surface area contributed by atoms with E-state index < -0.39 is 0 Å². The van der Waals surface area contributed by atoms with Crippen molar-refractivity contribution in [3.8, 4) is 5.75 Å². The number of hydrogen-bond acceptors (Lipinski definition) is 2. The zero-order valence-corrected chi connectivity index (χ0v) is 9.56. The van der Waals surface area contributed by atoms with Gasteiger partial charge in [-0.1, -0.05) is 18.5 Å². The fourth-order valence-corrected chi connectivity index (χ4v) is 1.40. The molecule has 1 N–H and O–H groups in total. The van der Waals surface area contributed by atoms with Crippen LogP contribution in [0.1, 0.15) is 20.3 Å². The molecule has 0 saturated heterocycles. The molecule has 14 heavy (non-hydrogen) atoms. The van der Waals surface area contributed by atoms with Gasteiger partial charge in [-0.05, 0) is 31.5 Å². The van der Waals surface area contributed by atoms with E-state index in [9.17, 15) is 0 Å². The fraction of sp³-hybridized carbons (Fsp3) is 0.455. The van der Waals surface area contributed by atoms with E-state index in [1.807, 2.05) is 18.2 Å². The lowest BCUT2D eigenvalue weighted by Gasteiger charge is -2.13. The van der Waals surface area contributed by atoms with Crippen LogP contribution in [0.25, 0.3) is 0 Å². The molecule has 1 rings (SSSR count). The predicted octanol–water partition coefficient (Wildman–Crippen LogP) is 3.56. The lowest BCUT2D eigenvalue weighted by atomic mass is 10.2. The van der Waals surface area contributed by atoms with Gasteiger partial charge in [0, 0.05) is 11.7 Å². The van der Waals surface area contributed by atoms with Gasteiger partial charge in [0.25, 0.3) is 0 Å². The number of rotatable bonds is 4. The molecule has 0 heterocycles. The second-order valence-corrected chi connectivity index (χ2v) is 3.71. The topological polar surface area (TPSA) is 21.3 Å². The minimum Gasteiger partial charge on any atom is -0.495 e. The summed E-state index contributed by atoms with van der Waals surface area (Å²) in [5.74, 6) is 0.710. The molecule has 1 unspecified atom stereocenters. The monoisotopic (exact) mass is 213 g/mol. The van der Waals surface area contributed by atoms with E-state index in [4.69, 9.17) is 16.3 Å². The molecule has 0 aliphatic carbocycles. The Kier molecular flexibility index (Phi) is 4.08. The number of nitrogens with one attached hydrogen (secondary N) is 1. The van der Waals surface area contributed by atoms with Gasteiger partial charge in [-0.2, -0.15) is 0 Å². The van der Waals surface area contributed by atoms with Gasteiger partial charge in [0.1, 0.15) is 5.75 Å². The van der Waals surface area contributed by atoms with Crippen molar-refractivity contribution in [2.24, 2.45) is 0 Å². The lowest BCUT2D eigenvalue weighted by molar-refractivity contribution is 0.415. The van der Waals surface area contributed by atoms with Crippen LogP contribution in [0.2, 0.25) is 5.02 Å². The second-order valence-electron chi connectivity index (χ2n) is 3.30. The van der Waals surface area contributed by atoms with Gasteiger partial charge in [-0.15, -0.1) is 0 Å². The van der Waals surface area contributed by atoms with E-state index in [2.05, 4.69) is 19.2 Å². The first-order valence-corrected chi connectivity index (χ1v) is 5.15. The van der Waals surface area contributed by atoms with E-state index >= 15 is 0 Å². The van der Waals surface area contributed by atoms with E-state index in [1.54, 1.807) is 7.11 Å². The van der Waals surface area contributed by atoms with Crippen molar-refractivity contribution in [3.63, 3.8) is 0 Å². The maximum absolute atomic E-state index is 5.99. The van der Waals surface area contributed by atoms with Gasteiger partial charge in [0.15, 0.2) is 0 Å². The summed E-state index contributed by atoms with van der Waals surface area (Å²) < 4.78 is 5.07. The van der Waals surface area contributed by atoms with Crippen LogP contribution in [0, 0.1) is 0 Å². The number of benzene rings is 1. The Morgan fingerprint density at radius 3 is 2.71 bits per heavy atom. The summed E-state index contributed by atoms with van der Waals surface area (Å²) in [5.41, 5.74) is 1.03. The van der Waals surface area contributed by atoms with Crippen molar-refractivity contribution in [1.82, 2.24) is 0 Å². The smallest absolute Gasteiger partial charge is 0.137 e. The van der Waals surface area contributed by atoms with Crippen LogP contribution in [0.5, 0.6) is 5.75 Å². The summed E-state index contributed by atoms with van der Waals surface area (Å²) in [6.07, 6.45) is 1.09. The molecule has 1 atom stereocenters. The Hall–Kier alpha value is -0.890. The molecule has 0 amide bonds. The standard InChI is InChI=1S/C11H16ClNO/c1-4-8(2)13-9-5-6-11(14-3)10(12)7-9/h5-8,13H,4H2,1-3H3. The van der Waals surface area contributed by atoms with Crippen molar-refractivity contribution in [2.45, 2.75) is 26.3 Å². The van der Waals surface area contributed by atoms with Gasteiger partial charge < -0.3 is 10.1 Å². The molecule has 0 fully saturated rings. The summed E-state index contributed by atoms with van der Waals surface area (Å²) in [6.45, 7) is 4.28. The number of anilines is 1. The quantitative estimate of drug-likeness (QED) is 0.826. The highest BCUT2D eigenvalue weighted by Crippen LogP contribution is 2.27. The van der Waals surface area contributed by atoms with Crippen molar-refractivity contribution in [1.29, 1.82) is 0 Å². The second kappa shape index (κ2) is 5.11. The third kappa shape index (κ3) is 2.81. The Morgan fingerprint density at radius 2 is 2.21 bits per heavy atom. The molecule has 0 spiro atoms. The summed E-state index contributed by atoms with van der Waals surface area (Å²) in [6, 6.07) is 6.18. The van der Waals surface area contributed by atoms with E-state index in [0.29, 0.717) is 16.8 Å². The summed E-state index contributed by atoms with van der Waals surface area (Å²) in [7, 11) is 1.61. The van der Waals surface area contributed by atoms with Gasteiger partial charge in [-0.25, -0.2) is 0 Å². The third-order valence-electron chi connectivity index (χ3n) is 2.18. The molecule has 3 heteroatoms. The highest BCUT2D eigenvalue weighted by atomic mass is 35.5. The summed E-state index contributed by atoms with van der Waals surface area (Å²) >= 11 is 5.99. The lowest BCUT2D eigenvalue weighted by Crippen LogP contribution is -2.13. The molecule has 0 aliphatic heterocycles. The van der Waals surface area contributed by atoms with Gasteiger partial charge in [0.05, 0.1) is 12.1 Å². The van der Waals surface area contributed by atoms with Crippen molar-refractivity contribution in [3.05, 3.63) is 23.2 Å². The molecule has 78 valence electrons. The van der Waals surface area contributed by atoms with Crippen molar-refractivity contribution < 1.29 is 4.74 Å². The molecule has 1 aromatic carbocycles. The Bertz CT molecular complexity index is 301. The Balaban J connectivity index is 2.76. The molecule has 0 aromatic heterocycles. The van der Waals surface area contributed by atoms with Crippen molar-refractivity contribution in [2.75, 3.05) is 12.4 Å². The van der Waals surface area contributed by atoms with E-state index in [1.165, 1.54) is 0 Å². The number of hydrogen-bond donors (Lipinski definition) is 1. The number of ether oxygens (including phenoxy) is 1. The van der Waals surface area contributed by atoms with Gasteiger partial charge >= 0.3 is 0 Å². The summed E-state index contributed by atoms with van der Waals surface area (Å²) in [4.78, 5) is 0. The van der Waals surface area contributed by atoms with Crippen LogP contribution >= 0.6 is 11.6 Å². The number of methoxy groups -OCH3 is 1. The average molecular weight is 214 g/mol. The molecule has 0 saturated carbocycles.